The molecule has 4 nitrogen and oxygen atoms in total. The molecule has 168 valence electrons. The third-order valence-corrected chi connectivity index (χ3v) is 6.56. The molecule has 5 rings (SSSR count). The van der Waals surface area contributed by atoms with E-state index < -0.39 is 0 Å². The van der Waals surface area contributed by atoms with E-state index in [-0.39, 0.29) is 0 Å². The van der Waals surface area contributed by atoms with E-state index in [1.165, 1.54) is 36.2 Å². The predicted octanol–water partition coefficient (Wildman–Crippen LogP) is 6.57. The number of piperazine rings is 1. The van der Waals surface area contributed by atoms with Crippen molar-refractivity contribution in [2.45, 2.75) is 19.8 Å². The Morgan fingerprint density at radius 2 is 1.61 bits per heavy atom. The monoisotopic (exact) mass is 436 g/mol. The first-order valence-corrected chi connectivity index (χ1v) is 12.1. The summed E-state index contributed by atoms with van der Waals surface area (Å²) in [5, 5.41) is 4.75. The summed E-state index contributed by atoms with van der Waals surface area (Å²) in [5.41, 5.74) is 6.90. The van der Waals surface area contributed by atoms with Gasteiger partial charge in [0.2, 0.25) is 0 Å². The molecular weight excluding hydrogens is 404 g/mol. The minimum Gasteiger partial charge on any atom is -0.369 e. The lowest BCUT2D eigenvalue weighted by molar-refractivity contribution is 0.254. The molecule has 0 spiro atoms. The Hall–Kier alpha value is -3.37. The van der Waals surface area contributed by atoms with Crippen LogP contribution in [0.3, 0.4) is 0 Å². The highest BCUT2D eigenvalue weighted by Crippen LogP contribution is 2.30. The largest absolute Gasteiger partial charge is 0.369 e. The number of hydrogen-bond acceptors (Lipinski definition) is 4. The maximum atomic E-state index is 4.57. The number of aromatic nitrogens is 1. The molecule has 0 atom stereocenters. The second kappa shape index (κ2) is 10.1. The Morgan fingerprint density at radius 3 is 2.36 bits per heavy atom. The van der Waals surface area contributed by atoms with Crippen LogP contribution in [0.1, 0.15) is 19.8 Å². The van der Waals surface area contributed by atoms with Crippen LogP contribution in [-0.4, -0.2) is 42.6 Å². The molecule has 0 bridgehead atoms. The van der Waals surface area contributed by atoms with Gasteiger partial charge in [0.25, 0.3) is 0 Å². The second-order valence-electron chi connectivity index (χ2n) is 8.81. The van der Waals surface area contributed by atoms with Crippen LogP contribution in [0.15, 0.2) is 85.1 Å². The van der Waals surface area contributed by atoms with Gasteiger partial charge < -0.3 is 10.2 Å². The molecule has 1 N–H and O–H groups in total. The number of rotatable bonds is 7. The lowest BCUT2D eigenvalue weighted by Crippen LogP contribution is -2.46. The summed E-state index contributed by atoms with van der Waals surface area (Å²) < 4.78 is 0. The van der Waals surface area contributed by atoms with Crippen LogP contribution in [0.4, 0.5) is 17.1 Å². The molecule has 0 aliphatic carbocycles. The minimum absolute atomic E-state index is 0.997. The summed E-state index contributed by atoms with van der Waals surface area (Å²) in [6.45, 7) is 8.03. The van der Waals surface area contributed by atoms with Crippen molar-refractivity contribution in [2.75, 3.05) is 42.9 Å². The highest BCUT2D eigenvalue weighted by Gasteiger charge is 2.16. The normalized spacial score (nSPS) is 14.5. The molecule has 1 saturated heterocycles. The molecule has 0 amide bonds. The fourth-order valence-corrected chi connectivity index (χ4v) is 4.59. The van der Waals surface area contributed by atoms with Gasteiger partial charge in [0.05, 0.1) is 5.52 Å². The van der Waals surface area contributed by atoms with Gasteiger partial charge in [-0.25, -0.2) is 0 Å². The van der Waals surface area contributed by atoms with Crippen molar-refractivity contribution in [3.63, 3.8) is 0 Å². The molecule has 33 heavy (non-hydrogen) atoms. The molecule has 1 aliphatic heterocycles. The zero-order valence-electron chi connectivity index (χ0n) is 19.4. The van der Waals surface area contributed by atoms with Crippen LogP contribution in [-0.2, 0) is 0 Å². The van der Waals surface area contributed by atoms with Crippen molar-refractivity contribution in [1.82, 2.24) is 9.88 Å². The van der Waals surface area contributed by atoms with E-state index in [1.54, 1.807) is 0 Å². The molecule has 0 unspecified atom stereocenters. The van der Waals surface area contributed by atoms with E-state index >= 15 is 0 Å². The number of benzene rings is 3. The lowest BCUT2D eigenvalue weighted by Gasteiger charge is -2.36. The maximum absolute atomic E-state index is 4.57. The Kier molecular flexibility index (Phi) is 6.54. The lowest BCUT2D eigenvalue weighted by atomic mass is 10.0. The highest BCUT2D eigenvalue weighted by atomic mass is 15.3. The van der Waals surface area contributed by atoms with Gasteiger partial charge in [-0.1, -0.05) is 49.7 Å². The van der Waals surface area contributed by atoms with E-state index in [0.29, 0.717) is 0 Å². The Balaban J connectivity index is 1.31. The summed E-state index contributed by atoms with van der Waals surface area (Å²) in [4.78, 5) is 9.66. The fourth-order valence-electron chi connectivity index (χ4n) is 4.59. The van der Waals surface area contributed by atoms with Crippen LogP contribution >= 0.6 is 0 Å². The van der Waals surface area contributed by atoms with Gasteiger partial charge in [-0.05, 0) is 66.6 Å². The zero-order chi connectivity index (χ0) is 22.5. The topological polar surface area (TPSA) is 31.4 Å². The van der Waals surface area contributed by atoms with Crippen LogP contribution in [0.25, 0.3) is 22.0 Å². The number of pyridine rings is 1. The van der Waals surface area contributed by atoms with Crippen molar-refractivity contribution < 1.29 is 0 Å². The number of nitrogens with one attached hydrogen (secondary N) is 1. The van der Waals surface area contributed by atoms with Crippen LogP contribution < -0.4 is 10.2 Å². The van der Waals surface area contributed by atoms with E-state index in [0.717, 1.165) is 48.5 Å². The molecule has 2 heterocycles. The van der Waals surface area contributed by atoms with Gasteiger partial charge in [-0.15, -0.1) is 0 Å². The smallest absolute Gasteiger partial charge is 0.0723 e. The van der Waals surface area contributed by atoms with Crippen molar-refractivity contribution in [3.05, 3.63) is 85.1 Å². The van der Waals surface area contributed by atoms with Crippen molar-refractivity contribution in [3.8, 4) is 11.1 Å². The highest BCUT2D eigenvalue weighted by molar-refractivity contribution is 5.95. The first kappa shape index (κ1) is 21.5. The Labute approximate surface area is 196 Å². The van der Waals surface area contributed by atoms with Crippen LogP contribution in [0, 0.1) is 0 Å². The van der Waals surface area contributed by atoms with Crippen LogP contribution in [0.5, 0.6) is 0 Å². The first-order chi connectivity index (χ1) is 16.3. The SMILES string of the molecule is CCCCN1CCN(c2ccc(Nc3ccnc4ccc(-c5ccccc5)cc34)cc2)CC1. The first-order valence-electron chi connectivity index (χ1n) is 12.1. The van der Waals surface area contributed by atoms with Crippen molar-refractivity contribution in [2.24, 2.45) is 0 Å². The molecule has 4 aromatic rings. The number of unbranched alkanes of at least 4 members (excludes halogenated alkanes) is 1. The minimum atomic E-state index is 0.997. The molecule has 1 fully saturated rings. The summed E-state index contributed by atoms with van der Waals surface area (Å²) in [6.07, 6.45) is 4.45. The molecular formula is C29H32N4. The van der Waals surface area contributed by atoms with Gasteiger partial charge in [0.1, 0.15) is 0 Å². The number of fused-ring (bicyclic) bond motifs is 1. The van der Waals surface area contributed by atoms with E-state index in [2.05, 4.69) is 106 Å². The molecule has 0 saturated carbocycles. The molecule has 1 aromatic heterocycles. The third kappa shape index (κ3) is 5.01. The van der Waals surface area contributed by atoms with Crippen LogP contribution in [0.2, 0.25) is 0 Å². The van der Waals surface area contributed by atoms with E-state index in [4.69, 9.17) is 0 Å². The van der Waals surface area contributed by atoms with E-state index in [9.17, 15) is 0 Å². The van der Waals surface area contributed by atoms with E-state index in [1.807, 2.05) is 6.20 Å². The second-order valence-corrected chi connectivity index (χ2v) is 8.81. The molecule has 0 radical (unpaired) electrons. The quantitative estimate of drug-likeness (QED) is 0.355. The number of hydrogen-bond donors (Lipinski definition) is 1. The Bertz CT molecular complexity index is 1180. The third-order valence-electron chi connectivity index (χ3n) is 6.56. The summed E-state index contributed by atoms with van der Waals surface area (Å²) >= 11 is 0. The van der Waals surface area contributed by atoms with Gasteiger partial charge in [0.15, 0.2) is 0 Å². The van der Waals surface area contributed by atoms with Gasteiger partial charge in [-0.3, -0.25) is 9.88 Å². The van der Waals surface area contributed by atoms with Gasteiger partial charge >= 0.3 is 0 Å². The summed E-state index contributed by atoms with van der Waals surface area (Å²) in [6, 6.07) is 27.9. The zero-order valence-corrected chi connectivity index (χ0v) is 19.4. The van der Waals surface area contributed by atoms with Gasteiger partial charge in [-0.2, -0.15) is 0 Å². The predicted molar refractivity (Wildman–Crippen MR) is 140 cm³/mol. The fraction of sp³-hybridized carbons (Fsp3) is 0.276. The molecule has 1 aliphatic rings. The number of nitrogens with zero attached hydrogens (tertiary/aromatic N) is 3. The standard InChI is InChI=1S/C29H32N4/c1-2-3-17-32-18-20-33(21-19-32)26-12-10-25(11-13-26)31-29-15-16-30-28-14-9-24(22-27(28)29)23-7-5-4-6-8-23/h4-16,22H,2-3,17-21H2,1H3,(H,30,31). The van der Waals surface area contributed by atoms with Crippen molar-refractivity contribution >= 4 is 28.0 Å². The maximum Gasteiger partial charge on any atom is 0.0723 e. The molecule has 3 aromatic carbocycles. The molecule has 4 heteroatoms. The average molecular weight is 437 g/mol. The summed E-state index contributed by atoms with van der Waals surface area (Å²) in [7, 11) is 0. The van der Waals surface area contributed by atoms with Crippen molar-refractivity contribution in [1.29, 1.82) is 0 Å². The van der Waals surface area contributed by atoms with Gasteiger partial charge in [0, 0.05) is 54.8 Å². The summed E-state index contributed by atoms with van der Waals surface area (Å²) in [5.74, 6) is 0. The Morgan fingerprint density at radius 1 is 0.818 bits per heavy atom. The average Bonchev–Trinajstić information content (AvgIpc) is 2.89. The number of anilines is 3.